The zero-order chi connectivity index (χ0) is 13.8. The Hall–Kier alpha value is -2.29. The van der Waals surface area contributed by atoms with Gasteiger partial charge in [-0.2, -0.15) is 5.10 Å². The molecule has 0 spiro atoms. The molecular formula is C17H19N3. The van der Waals surface area contributed by atoms with Crippen molar-refractivity contribution in [1.29, 1.82) is 0 Å². The highest BCUT2D eigenvalue weighted by Crippen LogP contribution is 2.23. The molecule has 2 N–H and O–H groups in total. The third kappa shape index (κ3) is 2.67. The fraction of sp³-hybridized carbons (Fsp3) is 0.235. The second kappa shape index (κ2) is 5.78. The highest BCUT2D eigenvalue weighted by Gasteiger charge is 2.09. The summed E-state index contributed by atoms with van der Waals surface area (Å²) in [6.07, 6.45) is 4.00. The lowest BCUT2D eigenvalue weighted by Crippen LogP contribution is -2.21. The maximum Gasteiger partial charge on any atom is 0.0671 e. The zero-order valence-electron chi connectivity index (χ0n) is 11.6. The third-order valence-electron chi connectivity index (χ3n) is 3.66. The van der Waals surface area contributed by atoms with E-state index in [9.17, 15) is 0 Å². The Morgan fingerprint density at radius 3 is 2.75 bits per heavy atom. The molecule has 0 saturated carbocycles. The minimum absolute atomic E-state index is 0.429. The molecule has 3 rings (SSSR count). The second-order valence-electron chi connectivity index (χ2n) is 5.08. The van der Waals surface area contributed by atoms with Crippen LogP contribution in [0, 0.1) is 0 Å². The lowest BCUT2D eigenvalue weighted by molar-refractivity contribution is 0.691. The second-order valence-corrected chi connectivity index (χ2v) is 5.08. The van der Waals surface area contributed by atoms with E-state index < -0.39 is 0 Å². The molecule has 3 nitrogen and oxygen atoms in total. The largest absolute Gasteiger partial charge is 0.381 e. The summed E-state index contributed by atoms with van der Waals surface area (Å²) >= 11 is 0. The fourth-order valence-electron chi connectivity index (χ4n) is 2.51. The summed E-state index contributed by atoms with van der Waals surface area (Å²) in [4.78, 5) is 0. The Kier molecular flexibility index (Phi) is 3.68. The molecule has 1 unspecified atom stereocenters. The summed E-state index contributed by atoms with van der Waals surface area (Å²) in [5.74, 6) is 0. The molecule has 1 atom stereocenters. The standard InChI is InChI=1S/C17H19N3/c1-2-14(11-13-7-4-3-5-8-13)19-16-9-6-10-17-15(16)12-18-20-17/h3-10,12,14,19H,2,11H2,1H3,(H,18,20). The van der Waals surface area contributed by atoms with Crippen LogP contribution in [0.25, 0.3) is 10.9 Å². The first-order valence-electron chi connectivity index (χ1n) is 7.09. The van der Waals surface area contributed by atoms with E-state index in [-0.39, 0.29) is 0 Å². The Balaban J connectivity index is 1.79. The first kappa shape index (κ1) is 12.7. The van der Waals surface area contributed by atoms with Gasteiger partial charge in [0.15, 0.2) is 0 Å². The Labute approximate surface area is 119 Å². The van der Waals surface area contributed by atoms with Gasteiger partial charge in [0.05, 0.1) is 11.7 Å². The third-order valence-corrected chi connectivity index (χ3v) is 3.66. The van der Waals surface area contributed by atoms with Crippen LogP contribution >= 0.6 is 0 Å². The SMILES string of the molecule is CCC(Cc1ccccc1)Nc1cccc2[nH]ncc12. The molecule has 3 heteroatoms. The average molecular weight is 265 g/mol. The number of H-pyrrole nitrogens is 1. The van der Waals surface area contributed by atoms with Gasteiger partial charge in [-0.15, -0.1) is 0 Å². The number of nitrogens with zero attached hydrogens (tertiary/aromatic N) is 1. The molecule has 20 heavy (non-hydrogen) atoms. The van der Waals surface area contributed by atoms with Gasteiger partial charge in [0.1, 0.15) is 0 Å². The Morgan fingerprint density at radius 2 is 1.95 bits per heavy atom. The Bertz CT molecular complexity index is 673. The van der Waals surface area contributed by atoms with Crippen LogP contribution in [0.5, 0.6) is 0 Å². The van der Waals surface area contributed by atoms with Crippen molar-refractivity contribution in [2.75, 3.05) is 5.32 Å². The average Bonchev–Trinajstić information content (AvgIpc) is 2.97. The molecule has 0 aliphatic carbocycles. The van der Waals surface area contributed by atoms with Crippen molar-refractivity contribution in [3.05, 3.63) is 60.3 Å². The number of hydrogen-bond acceptors (Lipinski definition) is 2. The predicted molar refractivity (Wildman–Crippen MR) is 83.9 cm³/mol. The monoisotopic (exact) mass is 265 g/mol. The van der Waals surface area contributed by atoms with Crippen molar-refractivity contribution in [2.45, 2.75) is 25.8 Å². The highest BCUT2D eigenvalue weighted by molar-refractivity contribution is 5.90. The molecular weight excluding hydrogens is 246 g/mol. The van der Waals surface area contributed by atoms with Gasteiger partial charge in [0.2, 0.25) is 0 Å². The molecule has 2 aromatic carbocycles. The predicted octanol–water partition coefficient (Wildman–Crippen LogP) is 4.00. The summed E-state index contributed by atoms with van der Waals surface area (Å²) in [6, 6.07) is 17.3. The van der Waals surface area contributed by atoms with E-state index in [0.717, 1.165) is 29.4 Å². The summed E-state index contributed by atoms with van der Waals surface area (Å²) in [7, 11) is 0. The van der Waals surface area contributed by atoms with Crippen LogP contribution in [0.15, 0.2) is 54.7 Å². The fourth-order valence-corrected chi connectivity index (χ4v) is 2.51. The molecule has 0 saturated heterocycles. The molecule has 1 heterocycles. The van der Waals surface area contributed by atoms with E-state index >= 15 is 0 Å². The summed E-state index contributed by atoms with van der Waals surface area (Å²) < 4.78 is 0. The molecule has 0 bridgehead atoms. The Morgan fingerprint density at radius 1 is 1.10 bits per heavy atom. The minimum atomic E-state index is 0.429. The maximum atomic E-state index is 4.11. The zero-order valence-corrected chi connectivity index (χ0v) is 11.6. The molecule has 3 aromatic rings. The lowest BCUT2D eigenvalue weighted by atomic mass is 10.0. The van der Waals surface area contributed by atoms with Crippen molar-refractivity contribution < 1.29 is 0 Å². The lowest BCUT2D eigenvalue weighted by Gasteiger charge is -2.19. The van der Waals surface area contributed by atoms with Crippen LogP contribution < -0.4 is 5.32 Å². The van der Waals surface area contributed by atoms with E-state index in [4.69, 9.17) is 0 Å². The van der Waals surface area contributed by atoms with Crippen molar-refractivity contribution in [3.8, 4) is 0 Å². The smallest absolute Gasteiger partial charge is 0.0671 e. The number of benzene rings is 2. The van der Waals surface area contributed by atoms with Gasteiger partial charge in [-0.25, -0.2) is 0 Å². The molecule has 0 aliphatic heterocycles. The van der Waals surface area contributed by atoms with Gasteiger partial charge in [-0.3, -0.25) is 5.10 Å². The summed E-state index contributed by atoms with van der Waals surface area (Å²) in [5, 5.41) is 11.9. The van der Waals surface area contributed by atoms with E-state index in [1.165, 1.54) is 5.56 Å². The quantitative estimate of drug-likeness (QED) is 0.732. The number of nitrogens with one attached hydrogen (secondary N) is 2. The van der Waals surface area contributed by atoms with Crippen LogP contribution in [-0.4, -0.2) is 16.2 Å². The van der Waals surface area contributed by atoms with Crippen molar-refractivity contribution in [2.24, 2.45) is 0 Å². The van der Waals surface area contributed by atoms with Crippen molar-refractivity contribution in [1.82, 2.24) is 10.2 Å². The normalized spacial score (nSPS) is 12.4. The van der Waals surface area contributed by atoms with Crippen molar-refractivity contribution >= 4 is 16.6 Å². The van der Waals surface area contributed by atoms with Crippen molar-refractivity contribution in [3.63, 3.8) is 0 Å². The first-order chi connectivity index (χ1) is 9.86. The molecule has 1 aromatic heterocycles. The maximum absolute atomic E-state index is 4.11. The van der Waals surface area contributed by atoms with Gasteiger partial charge in [0.25, 0.3) is 0 Å². The topological polar surface area (TPSA) is 40.7 Å². The summed E-state index contributed by atoms with van der Waals surface area (Å²) in [5.41, 5.74) is 3.59. The number of anilines is 1. The van der Waals surface area contributed by atoms with Gasteiger partial charge in [-0.1, -0.05) is 43.3 Å². The number of hydrogen-bond donors (Lipinski definition) is 2. The van der Waals surface area contributed by atoms with Gasteiger partial charge in [0, 0.05) is 17.1 Å². The van der Waals surface area contributed by atoms with Crippen LogP contribution in [0.4, 0.5) is 5.69 Å². The van der Waals surface area contributed by atoms with Crippen LogP contribution in [-0.2, 0) is 6.42 Å². The first-order valence-corrected chi connectivity index (χ1v) is 7.09. The van der Waals surface area contributed by atoms with Gasteiger partial charge < -0.3 is 5.32 Å². The highest BCUT2D eigenvalue weighted by atomic mass is 15.1. The van der Waals surface area contributed by atoms with Crippen LogP contribution in [0.3, 0.4) is 0 Å². The van der Waals surface area contributed by atoms with Gasteiger partial charge >= 0.3 is 0 Å². The number of aromatic amines is 1. The number of rotatable bonds is 5. The molecule has 0 radical (unpaired) electrons. The number of aromatic nitrogens is 2. The molecule has 0 fully saturated rings. The number of fused-ring (bicyclic) bond motifs is 1. The summed E-state index contributed by atoms with van der Waals surface area (Å²) in [6.45, 7) is 2.22. The van der Waals surface area contributed by atoms with E-state index in [1.54, 1.807) is 0 Å². The van der Waals surface area contributed by atoms with E-state index in [2.05, 4.69) is 64.9 Å². The molecule has 102 valence electrons. The van der Waals surface area contributed by atoms with E-state index in [0.29, 0.717) is 6.04 Å². The van der Waals surface area contributed by atoms with Crippen LogP contribution in [0.1, 0.15) is 18.9 Å². The van der Waals surface area contributed by atoms with Crippen LogP contribution in [0.2, 0.25) is 0 Å². The minimum Gasteiger partial charge on any atom is -0.381 e. The van der Waals surface area contributed by atoms with E-state index in [1.807, 2.05) is 12.3 Å². The van der Waals surface area contributed by atoms with Gasteiger partial charge in [-0.05, 0) is 30.5 Å². The molecule has 0 amide bonds. The molecule has 0 aliphatic rings.